The summed E-state index contributed by atoms with van der Waals surface area (Å²) in [5, 5.41) is 10.3. The summed E-state index contributed by atoms with van der Waals surface area (Å²) in [6.45, 7) is 0. The summed E-state index contributed by atoms with van der Waals surface area (Å²) in [7, 11) is 0. The number of rotatable bonds is 0. The lowest BCUT2D eigenvalue weighted by molar-refractivity contribution is -0.0964. The van der Waals surface area contributed by atoms with Gasteiger partial charge in [-0.05, 0) is 6.08 Å². The fourth-order valence-corrected chi connectivity index (χ4v) is 0.575. The van der Waals surface area contributed by atoms with Crippen LogP contribution >= 0.6 is 0 Å². The van der Waals surface area contributed by atoms with Crippen molar-refractivity contribution in [1.82, 2.24) is 0 Å². The summed E-state index contributed by atoms with van der Waals surface area (Å²) in [6, 6.07) is 0. The van der Waals surface area contributed by atoms with Gasteiger partial charge < -0.3 is 0 Å². The van der Waals surface area contributed by atoms with Gasteiger partial charge in [-0.2, -0.15) is 5.11 Å². The highest BCUT2D eigenvalue weighted by Crippen LogP contribution is 2.18. The highest BCUT2D eigenvalue weighted by Gasteiger charge is 2.23. The minimum Gasteiger partial charge on any atom is -0.204 e. The molecule has 1 atom stereocenters. The highest BCUT2D eigenvalue weighted by molar-refractivity contribution is 5.14. The van der Waals surface area contributed by atoms with Crippen molar-refractivity contribution in [1.29, 1.82) is 0 Å². The molecule has 0 saturated carbocycles. The molecule has 1 radical (unpaired) electrons. The van der Waals surface area contributed by atoms with Crippen LogP contribution in [0.15, 0.2) is 24.3 Å². The van der Waals surface area contributed by atoms with E-state index < -0.39 is 5.85 Å². The van der Waals surface area contributed by atoms with Gasteiger partial charge in [-0.25, -0.2) is 4.39 Å². The molecule has 2 heteroatoms. The van der Waals surface area contributed by atoms with Gasteiger partial charge >= 0.3 is 0 Å². The second-order valence-electron chi connectivity index (χ2n) is 1.78. The molecule has 0 aromatic rings. The zero-order valence-corrected chi connectivity index (χ0v) is 4.30. The van der Waals surface area contributed by atoms with Crippen LogP contribution in [0.4, 0.5) is 4.39 Å². The summed E-state index contributed by atoms with van der Waals surface area (Å²) in [6.07, 6.45) is 5.59. The first-order valence-electron chi connectivity index (χ1n) is 2.44. The summed E-state index contributed by atoms with van der Waals surface area (Å²) in [4.78, 5) is 0. The molecule has 0 fully saturated rings. The molecule has 0 aromatic heterocycles. The van der Waals surface area contributed by atoms with Crippen LogP contribution in [0.2, 0.25) is 0 Å². The predicted molar refractivity (Wildman–Crippen MR) is 27.4 cm³/mol. The van der Waals surface area contributed by atoms with Gasteiger partial charge in [0.05, 0.1) is 0 Å². The normalized spacial score (nSPS) is 35.8. The van der Waals surface area contributed by atoms with Gasteiger partial charge in [0.2, 0.25) is 0 Å². The molecule has 1 nitrogen and oxygen atoms in total. The molecule has 0 amide bonds. The average Bonchev–Trinajstić information content (AvgIpc) is 1.65. The maximum Gasteiger partial charge on any atom is 0.263 e. The summed E-state index contributed by atoms with van der Waals surface area (Å²) >= 11 is 0. The van der Waals surface area contributed by atoms with Gasteiger partial charge in [-0.3, -0.25) is 0 Å². The Hall–Kier alpha value is -0.630. The molecule has 1 aliphatic rings. The van der Waals surface area contributed by atoms with E-state index in [0.29, 0.717) is 0 Å². The fourth-order valence-electron chi connectivity index (χ4n) is 0.575. The van der Waals surface area contributed by atoms with Crippen molar-refractivity contribution in [2.45, 2.75) is 12.3 Å². The molecular formula is C6H6FO. The standard InChI is InChI=1S/C6H6FO/c7-6(8)4-2-1-3-5-6/h1-4H,5H2. The third-order valence-corrected chi connectivity index (χ3v) is 0.988. The van der Waals surface area contributed by atoms with E-state index in [1.807, 2.05) is 0 Å². The van der Waals surface area contributed by atoms with Crippen molar-refractivity contribution < 1.29 is 9.50 Å². The van der Waals surface area contributed by atoms with Crippen molar-refractivity contribution in [2.24, 2.45) is 0 Å². The molecule has 0 spiro atoms. The van der Waals surface area contributed by atoms with Crippen molar-refractivity contribution in [3.05, 3.63) is 24.3 Å². The van der Waals surface area contributed by atoms with Crippen molar-refractivity contribution in [3.63, 3.8) is 0 Å². The Balaban J connectivity index is 2.65. The lowest BCUT2D eigenvalue weighted by Crippen LogP contribution is -2.16. The molecule has 0 aromatic carbocycles. The number of alkyl halides is 1. The Morgan fingerprint density at radius 3 is 2.50 bits per heavy atom. The first-order valence-corrected chi connectivity index (χ1v) is 2.44. The van der Waals surface area contributed by atoms with Crippen LogP contribution in [-0.2, 0) is 5.11 Å². The van der Waals surface area contributed by atoms with E-state index in [1.165, 1.54) is 12.2 Å². The van der Waals surface area contributed by atoms with Gasteiger partial charge in [0.25, 0.3) is 5.85 Å². The van der Waals surface area contributed by atoms with Gasteiger partial charge in [0.1, 0.15) is 0 Å². The Bertz CT molecular complexity index is 135. The van der Waals surface area contributed by atoms with E-state index in [0.717, 1.165) is 6.08 Å². The largest absolute Gasteiger partial charge is 0.263 e. The molecule has 8 heavy (non-hydrogen) atoms. The first-order chi connectivity index (χ1) is 3.71. The molecule has 0 aliphatic heterocycles. The predicted octanol–water partition coefficient (Wildman–Crippen LogP) is 1.60. The number of hydrogen-bond donors (Lipinski definition) is 0. The quantitative estimate of drug-likeness (QED) is 0.454. The highest BCUT2D eigenvalue weighted by atomic mass is 19.2. The number of halogens is 1. The van der Waals surface area contributed by atoms with Gasteiger partial charge in [-0.1, -0.05) is 18.2 Å². The van der Waals surface area contributed by atoms with Crippen molar-refractivity contribution in [3.8, 4) is 0 Å². The summed E-state index contributed by atoms with van der Waals surface area (Å²) < 4.78 is 12.2. The van der Waals surface area contributed by atoms with E-state index in [4.69, 9.17) is 0 Å². The Labute approximate surface area is 47.1 Å². The van der Waals surface area contributed by atoms with E-state index in [-0.39, 0.29) is 6.42 Å². The lowest BCUT2D eigenvalue weighted by Gasteiger charge is -2.09. The number of hydrogen-bond acceptors (Lipinski definition) is 0. The lowest BCUT2D eigenvalue weighted by atomic mass is 10.1. The molecule has 1 rings (SSSR count). The van der Waals surface area contributed by atoms with Crippen LogP contribution in [0.3, 0.4) is 0 Å². The average molecular weight is 113 g/mol. The smallest absolute Gasteiger partial charge is 0.204 e. The Morgan fingerprint density at radius 1 is 1.50 bits per heavy atom. The maximum atomic E-state index is 12.2. The molecule has 0 saturated heterocycles. The minimum absolute atomic E-state index is 0.0382. The Morgan fingerprint density at radius 2 is 2.25 bits per heavy atom. The molecule has 1 unspecified atom stereocenters. The zero-order chi connectivity index (χ0) is 6.04. The minimum atomic E-state index is -2.34. The van der Waals surface area contributed by atoms with Gasteiger partial charge in [-0.15, -0.1) is 0 Å². The van der Waals surface area contributed by atoms with E-state index in [9.17, 15) is 9.50 Å². The van der Waals surface area contributed by atoms with Crippen LogP contribution < -0.4 is 0 Å². The molecule has 0 bridgehead atoms. The third-order valence-electron chi connectivity index (χ3n) is 0.988. The van der Waals surface area contributed by atoms with E-state index >= 15 is 0 Å². The second kappa shape index (κ2) is 1.71. The third kappa shape index (κ3) is 1.17. The molecule has 0 N–H and O–H groups in total. The van der Waals surface area contributed by atoms with Crippen LogP contribution in [0.25, 0.3) is 0 Å². The van der Waals surface area contributed by atoms with Crippen LogP contribution in [0.5, 0.6) is 0 Å². The second-order valence-corrected chi connectivity index (χ2v) is 1.78. The Kier molecular flexibility index (Phi) is 1.18. The van der Waals surface area contributed by atoms with Crippen molar-refractivity contribution >= 4 is 0 Å². The van der Waals surface area contributed by atoms with Crippen LogP contribution in [0.1, 0.15) is 6.42 Å². The molecular weight excluding hydrogens is 107 g/mol. The topological polar surface area (TPSA) is 19.9 Å². The van der Waals surface area contributed by atoms with Crippen LogP contribution in [-0.4, -0.2) is 5.85 Å². The van der Waals surface area contributed by atoms with E-state index in [1.54, 1.807) is 6.08 Å². The SMILES string of the molecule is [O]C1(F)C=CC=CC1. The van der Waals surface area contributed by atoms with Crippen LogP contribution in [0, 0.1) is 0 Å². The summed E-state index contributed by atoms with van der Waals surface area (Å²) in [5.41, 5.74) is 0. The monoisotopic (exact) mass is 113 g/mol. The van der Waals surface area contributed by atoms with Crippen molar-refractivity contribution in [2.75, 3.05) is 0 Å². The maximum absolute atomic E-state index is 12.2. The van der Waals surface area contributed by atoms with Gasteiger partial charge in [0.15, 0.2) is 0 Å². The summed E-state index contributed by atoms with van der Waals surface area (Å²) in [5.74, 6) is -2.34. The number of allylic oxidation sites excluding steroid dienone is 2. The van der Waals surface area contributed by atoms with Gasteiger partial charge in [0, 0.05) is 6.42 Å². The fraction of sp³-hybridized carbons (Fsp3) is 0.333. The first kappa shape index (κ1) is 5.51. The molecule has 1 aliphatic carbocycles. The molecule has 0 heterocycles. The van der Waals surface area contributed by atoms with E-state index in [2.05, 4.69) is 0 Å². The zero-order valence-electron chi connectivity index (χ0n) is 4.30. The molecule has 43 valence electrons.